The van der Waals surface area contributed by atoms with Gasteiger partial charge in [0, 0.05) is 10.6 Å². The maximum atomic E-state index is 12.7. The first kappa shape index (κ1) is 19.6. The highest BCUT2D eigenvalue weighted by Gasteiger charge is 2.19. The molecule has 0 radical (unpaired) electrons. The largest absolute Gasteiger partial charge is 0.479 e. The number of hydrogen-bond donors (Lipinski definition) is 1. The Morgan fingerprint density at radius 2 is 2.00 bits per heavy atom. The molecule has 29 heavy (non-hydrogen) atoms. The first-order chi connectivity index (χ1) is 13.9. The zero-order valence-electron chi connectivity index (χ0n) is 15.4. The Bertz CT molecular complexity index is 1210. The standard InChI is InChI=1S/C19H15Cl2N5O2S/c1-10(28-16-8-7-12(20)9-14(16)21)17(27)22-15-6-4-3-5-13(15)18-25-26-11(2)23-24-19(26)29-18/h3-10H,1-2H3,(H,22,27)/t10-/m0/s1. The van der Waals surface area contributed by atoms with Gasteiger partial charge in [-0.15, -0.1) is 10.2 Å². The number of nitrogens with zero attached hydrogens (tertiary/aromatic N) is 4. The lowest BCUT2D eigenvalue weighted by molar-refractivity contribution is -0.122. The molecule has 7 nitrogen and oxygen atoms in total. The van der Waals surface area contributed by atoms with E-state index in [0.29, 0.717) is 32.3 Å². The highest BCUT2D eigenvalue weighted by molar-refractivity contribution is 7.19. The second-order valence-electron chi connectivity index (χ2n) is 6.22. The van der Waals surface area contributed by atoms with Gasteiger partial charge in [0.15, 0.2) is 11.9 Å². The molecule has 0 saturated heterocycles. The van der Waals surface area contributed by atoms with Crippen molar-refractivity contribution in [3.63, 3.8) is 0 Å². The molecule has 0 aliphatic carbocycles. The first-order valence-corrected chi connectivity index (χ1v) is 10.2. The molecule has 0 saturated carbocycles. The van der Waals surface area contributed by atoms with Crippen LogP contribution in [0, 0.1) is 6.92 Å². The van der Waals surface area contributed by atoms with Gasteiger partial charge in [-0.1, -0.05) is 46.7 Å². The van der Waals surface area contributed by atoms with Crippen molar-refractivity contribution in [2.45, 2.75) is 20.0 Å². The monoisotopic (exact) mass is 447 g/mol. The fraction of sp³-hybridized carbons (Fsp3) is 0.158. The van der Waals surface area contributed by atoms with Crippen LogP contribution in [0.2, 0.25) is 10.0 Å². The van der Waals surface area contributed by atoms with Gasteiger partial charge in [-0.25, -0.2) is 0 Å². The molecule has 2 aromatic carbocycles. The van der Waals surface area contributed by atoms with Crippen LogP contribution >= 0.6 is 34.5 Å². The van der Waals surface area contributed by atoms with Gasteiger partial charge in [0.1, 0.15) is 10.8 Å². The van der Waals surface area contributed by atoms with Crippen LogP contribution in [0.5, 0.6) is 5.75 Å². The zero-order valence-corrected chi connectivity index (χ0v) is 17.7. The number of halogens is 2. The summed E-state index contributed by atoms with van der Waals surface area (Å²) >= 11 is 13.4. The van der Waals surface area contributed by atoms with Crippen molar-refractivity contribution >= 4 is 51.1 Å². The summed E-state index contributed by atoms with van der Waals surface area (Å²) < 4.78 is 7.37. The molecule has 0 fully saturated rings. The van der Waals surface area contributed by atoms with Gasteiger partial charge in [0.05, 0.1) is 10.7 Å². The molecule has 1 atom stereocenters. The van der Waals surface area contributed by atoms with Gasteiger partial charge in [-0.05, 0) is 44.2 Å². The number of aromatic nitrogens is 4. The minimum absolute atomic E-state index is 0.317. The number of amides is 1. The van der Waals surface area contributed by atoms with Crippen molar-refractivity contribution in [3.8, 4) is 16.3 Å². The average molecular weight is 448 g/mol. The number of rotatable bonds is 5. The van der Waals surface area contributed by atoms with Crippen LogP contribution in [0.25, 0.3) is 15.5 Å². The number of benzene rings is 2. The number of carbonyl (C=O) groups excluding carboxylic acids is 1. The molecule has 4 aromatic rings. The number of para-hydroxylation sites is 1. The van der Waals surface area contributed by atoms with E-state index < -0.39 is 6.10 Å². The normalized spacial score (nSPS) is 12.1. The fourth-order valence-corrected chi connectivity index (χ4v) is 4.03. The van der Waals surface area contributed by atoms with Crippen molar-refractivity contribution in [1.82, 2.24) is 19.8 Å². The molecule has 2 heterocycles. The van der Waals surface area contributed by atoms with E-state index in [4.69, 9.17) is 27.9 Å². The Hall–Kier alpha value is -2.68. The Balaban J connectivity index is 1.55. The lowest BCUT2D eigenvalue weighted by Crippen LogP contribution is -2.30. The minimum atomic E-state index is -0.776. The van der Waals surface area contributed by atoms with Gasteiger partial charge in [-0.3, -0.25) is 4.79 Å². The third-order valence-electron chi connectivity index (χ3n) is 4.13. The van der Waals surface area contributed by atoms with E-state index in [9.17, 15) is 4.79 Å². The van der Waals surface area contributed by atoms with Crippen molar-refractivity contribution in [3.05, 3.63) is 58.3 Å². The molecule has 10 heteroatoms. The lowest BCUT2D eigenvalue weighted by atomic mass is 10.2. The summed E-state index contributed by atoms with van der Waals surface area (Å²) in [5, 5.41) is 17.1. The lowest BCUT2D eigenvalue weighted by Gasteiger charge is -2.16. The predicted octanol–water partition coefficient (Wildman–Crippen LogP) is 4.87. The molecule has 0 bridgehead atoms. The average Bonchev–Trinajstić information content (AvgIpc) is 3.26. The summed E-state index contributed by atoms with van der Waals surface area (Å²) in [4.78, 5) is 13.4. The van der Waals surface area contributed by atoms with E-state index in [-0.39, 0.29) is 5.91 Å². The van der Waals surface area contributed by atoms with Crippen molar-refractivity contribution < 1.29 is 9.53 Å². The highest BCUT2D eigenvalue weighted by Crippen LogP contribution is 2.32. The van der Waals surface area contributed by atoms with Gasteiger partial charge in [0.2, 0.25) is 4.96 Å². The van der Waals surface area contributed by atoms with Gasteiger partial charge >= 0.3 is 0 Å². The molecule has 1 amide bonds. The predicted molar refractivity (Wildman–Crippen MR) is 114 cm³/mol. The molecule has 2 aromatic heterocycles. The second kappa shape index (κ2) is 7.98. The third kappa shape index (κ3) is 4.05. The molecule has 1 N–H and O–H groups in total. The van der Waals surface area contributed by atoms with Crippen molar-refractivity contribution in [2.24, 2.45) is 0 Å². The number of aryl methyl sites for hydroxylation is 1. The van der Waals surface area contributed by atoms with E-state index in [0.717, 1.165) is 10.6 Å². The van der Waals surface area contributed by atoms with Gasteiger partial charge in [0.25, 0.3) is 5.91 Å². The Morgan fingerprint density at radius 3 is 2.76 bits per heavy atom. The van der Waals surface area contributed by atoms with Crippen molar-refractivity contribution in [2.75, 3.05) is 5.32 Å². The molecule has 0 aliphatic heterocycles. The third-order valence-corrected chi connectivity index (χ3v) is 5.59. The van der Waals surface area contributed by atoms with E-state index in [2.05, 4.69) is 20.6 Å². The summed E-state index contributed by atoms with van der Waals surface area (Å²) in [6.45, 7) is 3.48. The molecular weight excluding hydrogens is 433 g/mol. The topological polar surface area (TPSA) is 81.4 Å². The van der Waals surface area contributed by atoms with Crippen LogP contribution in [0.4, 0.5) is 5.69 Å². The Kier molecular flexibility index (Phi) is 5.40. The smallest absolute Gasteiger partial charge is 0.265 e. The molecule has 148 valence electrons. The maximum Gasteiger partial charge on any atom is 0.265 e. The molecule has 0 aliphatic rings. The van der Waals surface area contributed by atoms with Crippen LogP contribution in [0.3, 0.4) is 0 Å². The van der Waals surface area contributed by atoms with E-state index in [1.807, 2.05) is 31.2 Å². The van der Waals surface area contributed by atoms with Crippen LogP contribution in [0.1, 0.15) is 12.7 Å². The number of carbonyl (C=O) groups is 1. The second-order valence-corrected chi connectivity index (χ2v) is 8.02. The van der Waals surface area contributed by atoms with E-state index in [1.54, 1.807) is 29.6 Å². The number of fused-ring (bicyclic) bond motifs is 1. The van der Waals surface area contributed by atoms with E-state index in [1.165, 1.54) is 11.3 Å². The highest BCUT2D eigenvalue weighted by atomic mass is 35.5. The van der Waals surface area contributed by atoms with Crippen LogP contribution in [0.15, 0.2) is 42.5 Å². The summed E-state index contributed by atoms with van der Waals surface area (Å²) in [5.74, 6) is 0.768. The SMILES string of the molecule is Cc1nnc2sc(-c3ccccc3NC(=O)[C@H](C)Oc3ccc(Cl)cc3Cl)nn12. The summed E-state index contributed by atoms with van der Waals surface area (Å²) in [6, 6.07) is 12.3. The Morgan fingerprint density at radius 1 is 1.21 bits per heavy atom. The number of nitrogens with one attached hydrogen (secondary N) is 1. The summed E-state index contributed by atoms with van der Waals surface area (Å²) in [5.41, 5.74) is 1.41. The van der Waals surface area contributed by atoms with Crippen LogP contribution < -0.4 is 10.1 Å². The fourth-order valence-electron chi connectivity index (χ4n) is 2.65. The van der Waals surface area contributed by atoms with Crippen LogP contribution in [-0.2, 0) is 4.79 Å². The van der Waals surface area contributed by atoms with Crippen LogP contribution in [-0.4, -0.2) is 31.8 Å². The summed E-state index contributed by atoms with van der Waals surface area (Å²) in [7, 11) is 0. The quantitative estimate of drug-likeness (QED) is 0.471. The maximum absolute atomic E-state index is 12.7. The van der Waals surface area contributed by atoms with Crippen molar-refractivity contribution in [1.29, 1.82) is 0 Å². The van der Waals surface area contributed by atoms with Gasteiger partial charge in [-0.2, -0.15) is 9.61 Å². The number of anilines is 1. The molecule has 0 unspecified atom stereocenters. The molecular formula is C19H15Cl2N5O2S. The Labute approximate surface area is 180 Å². The number of hydrogen-bond acceptors (Lipinski definition) is 6. The number of ether oxygens (including phenoxy) is 1. The minimum Gasteiger partial charge on any atom is -0.479 e. The first-order valence-electron chi connectivity index (χ1n) is 8.63. The van der Waals surface area contributed by atoms with Gasteiger partial charge < -0.3 is 10.1 Å². The van der Waals surface area contributed by atoms with E-state index >= 15 is 0 Å². The summed E-state index contributed by atoms with van der Waals surface area (Å²) in [6.07, 6.45) is -0.776. The molecule has 0 spiro atoms. The zero-order chi connectivity index (χ0) is 20.5. The molecule has 4 rings (SSSR count).